The third-order valence-electron chi connectivity index (χ3n) is 2.75. The van der Waals surface area contributed by atoms with Crippen LogP contribution in [0.25, 0.3) is 0 Å². The molecule has 0 aromatic carbocycles. The van der Waals surface area contributed by atoms with Gasteiger partial charge in [0, 0.05) is 6.54 Å². The quantitative estimate of drug-likeness (QED) is 0.712. The Kier molecular flexibility index (Phi) is 2.96. The monoisotopic (exact) mass is 242 g/mol. The Morgan fingerprint density at radius 1 is 1.62 bits per heavy atom. The number of nitrogens with zero attached hydrogens (tertiary/aromatic N) is 1. The molecule has 2 rings (SSSR count). The highest BCUT2D eigenvalue weighted by Gasteiger charge is 2.35. The molecule has 88 valence electrons. The minimum Gasteiger partial charge on any atom is -0.477 e. The van der Waals surface area contributed by atoms with Crippen molar-refractivity contribution >= 4 is 17.3 Å². The number of nitrogens with one attached hydrogen (secondary N) is 1. The number of carboxylic acid groups (broad SMARTS) is 1. The second kappa shape index (κ2) is 4.12. The topological polar surface area (TPSA) is 82.5 Å². The van der Waals surface area contributed by atoms with Gasteiger partial charge in [-0.3, -0.25) is 0 Å². The van der Waals surface area contributed by atoms with Crippen LogP contribution in [0.15, 0.2) is 0 Å². The summed E-state index contributed by atoms with van der Waals surface area (Å²) in [7, 11) is 0. The zero-order valence-electron chi connectivity index (χ0n) is 8.99. The number of carbonyl (C=O) groups is 1. The number of rotatable bonds is 2. The molecule has 1 aromatic heterocycles. The van der Waals surface area contributed by atoms with E-state index in [-0.39, 0.29) is 4.88 Å². The van der Waals surface area contributed by atoms with Crippen LogP contribution in [0.4, 0.5) is 0 Å². The van der Waals surface area contributed by atoms with E-state index >= 15 is 0 Å². The third-order valence-corrected chi connectivity index (χ3v) is 4.09. The predicted octanol–water partition coefficient (Wildman–Crippen LogP) is 0.721. The van der Waals surface area contributed by atoms with Crippen LogP contribution in [-0.2, 0) is 5.60 Å². The second-order valence-corrected chi connectivity index (χ2v) is 5.05. The Morgan fingerprint density at radius 3 is 2.88 bits per heavy atom. The van der Waals surface area contributed by atoms with Crippen molar-refractivity contribution in [2.24, 2.45) is 0 Å². The molecule has 0 amide bonds. The molecular formula is C10H14N2O3S. The summed E-state index contributed by atoms with van der Waals surface area (Å²) in [5.41, 5.74) is -0.520. The smallest absolute Gasteiger partial charge is 0.347 e. The summed E-state index contributed by atoms with van der Waals surface area (Å²) >= 11 is 1.07. The summed E-state index contributed by atoms with van der Waals surface area (Å²) in [5.74, 6) is -0.978. The molecule has 3 N–H and O–H groups in total. The Morgan fingerprint density at radius 2 is 2.38 bits per heavy atom. The van der Waals surface area contributed by atoms with Crippen molar-refractivity contribution in [3.8, 4) is 0 Å². The summed E-state index contributed by atoms with van der Waals surface area (Å²) in [6.45, 7) is 2.99. The number of piperidine rings is 1. The highest BCUT2D eigenvalue weighted by Crippen LogP contribution is 2.32. The molecule has 16 heavy (non-hydrogen) atoms. The van der Waals surface area contributed by atoms with Crippen molar-refractivity contribution in [3.63, 3.8) is 0 Å². The summed E-state index contributed by atoms with van der Waals surface area (Å²) in [6, 6.07) is 0. The van der Waals surface area contributed by atoms with Gasteiger partial charge < -0.3 is 15.5 Å². The van der Waals surface area contributed by atoms with Gasteiger partial charge in [0.15, 0.2) is 0 Å². The lowest BCUT2D eigenvalue weighted by atomic mass is 9.95. The molecule has 5 nitrogen and oxygen atoms in total. The molecule has 1 aliphatic rings. The fraction of sp³-hybridized carbons (Fsp3) is 0.600. The van der Waals surface area contributed by atoms with E-state index < -0.39 is 11.6 Å². The number of hydrogen-bond donors (Lipinski definition) is 3. The Balaban J connectivity index is 2.33. The molecular weight excluding hydrogens is 228 g/mol. The van der Waals surface area contributed by atoms with Gasteiger partial charge in [0.25, 0.3) is 0 Å². The van der Waals surface area contributed by atoms with Crippen LogP contribution in [0.5, 0.6) is 0 Å². The van der Waals surface area contributed by atoms with E-state index in [1.54, 1.807) is 6.92 Å². The lowest BCUT2D eigenvalue weighted by Crippen LogP contribution is -2.43. The molecule has 1 aromatic rings. The highest BCUT2D eigenvalue weighted by molar-refractivity contribution is 7.13. The first-order chi connectivity index (χ1) is 7.53. The fourth-order valence-corrected chi connectivity index (χ4v) is 2.89. The van der Waals surface area contributed by atoms with E-state index in [1.165, 1.54) is 0 Å². The predicted molar refractivity (Wildman–Crippen MR) is 59.8 cm³/mol. The van der Waals surface area contributed by atoms with Gasteiger partial charge in [0.05, 0.1) is 5.69 Å². The van der Waals surface area contributed by atoms with Gasteiger partial charge in [0.2, 0.25) is 0 Å². The zero-order chi connectivity index (χ0) is 11.8. The highest BCUT2D eigenvalue weighted by atomic mass is 32.1. The van der Waals surface area contributed by atoms with Crippen LogP contribution in [-0.4, -0.2) is 34.3 Å². The van der Waals surface area contributed by atoms with E-state index in [0.717, 1.165) is 24.3 Å². The molecule has 6 heteroatoms. The molecule has 1 aliphatic heterocycles. The van der Waals surface area contributed by atoms with E-state index in [1.807, 2.05) is 0 Å². The van der Waals surface area contributed by atoms with Crippen molar-refractivity contribution in [2.75, 3.05) is 13.1 Å². The largest absolute Gasteiger partial charge is 0.477 e. The van der Waals surface area contributed by atoms with Crippen LogP contribution in [0.1, 0.15) is 33.2 Å². The SMILES string of the molecule is Cc1nc(C2(O)CCCNC2)sc1C(=O)O. The van der Waals surface area contributed by atoms with E-state index in [0.29, 0.717) is 23.7 Å². The van der Waals surface area contributed by atoms with Gasteiger partial charge in [-0.1, -0.05) is 0 Å². The number of aromatic nitrogens is 1. The Bertz CT molecular complexity index is 410. The summed E-state index contributed by atoms with van der Waals surface area (Å²) < 4.78 is 0. The average molecular weight is 242 g/mol. The maximum atomic E-state index is 10.9. The van der Waals surface area contributed by atoms with Gasteiger partial charge in [0.1, 0.15) is 15.5 Å². The fourth-order valence-electron chi connectivity index (χ4n) is 1.87. The molecule has 2 heterocycles. The van der Waals surface area contributed by atoms with Gasteiger partial charge in [-0.15, -0.1) is 11.3 Å². The maximum Gasteiger partial charge on any atom is 0.347 e. The van der Waals surface area contributed by atoms with Crippen LogP contribution < -0.4 is 5.32 Å². The van der Waals surface area contributed by atoms with Crippen LogP contribution in [0.2, 0.25) is 0 Å². The first kappa shape index (κ1) is 11.5. The average Bonchev–Trinajstić information content (AvgIpc) is 2.62. The number of aliphatic hydroxyl groups is 1. The lowest BCUT2D eigenvalue weighted by molar-refractivity contribution is 0.0120. The molecule has 0 spiro atoms. The van der Waals surface area contributed by atoms with E-state index in [4.69, 9.17) is 5.11 Å². The van der Waals surface area contributed by atoms with Crippen molar-refractivity contribution < 1.29 is 15.0 Å². The van der Waals surface area contributed by atoms with Gasteiger partial charge in [-0.25, -0.2) is 9.78 Å². The molecule has 1 unspecified atom stereocenters. The lowest BCUT2D eigenvalue weighted by Gasteiger charge is -2.30. The Hall–Kier alpha value is -0.980. The minimum absolute atomic E-state index is 0.217. The number of thiazole rings is 1. The van der Waals surface area contributed by atoms with Crippen molar-refractivity contribution in [3.05, 3.63) is 15.6 Å². The van der Waals surface area contributed by atoms with Crippen LogP contribution >= 0.6 is 11.3 Å². The number of aryl methyl sites for hydroxylation is 1. The first-order valence-electron chi connectivity index (χ1n) is 5.17. The number of hydrogen-bond acceptors (Lipinski definition) is 5. The maximum absolute atomic E-state index is 10.9. The molecule has 1 saturated heterocycles. The standard InChI is InChI=1S/C10H14N2O3S/c1-6-7(8(13)14)16-9(12-6)10(15)3-2-4-11-5-10/h11,15H,2-5H2,1H3,(H,13,14). The van der Waals surface area contributed by atoms with E-state index in [9.17, 15) is 9.90 Å². The van der Waals surface area contributed by atoms with Crippen LogP contribution in [0, 0.1) is 6.92 Å². The van der Waals surface area contributed by atoms with Gasteiger partial charge in [-0.2, -0.15) is 0 Å². The Labute approximate surface area is 97.1 Å². The van der Waals surface area contributed by atoms with Crippen LogP contribution in [0.3, 0.4) is 0 Å². The number of aromatic carboxylic acids is 1. The normalized spacial score (nSPS) is 25.6. The number of β-amino-alcohol motifs (C(OH)–C–C–N with tert-alkyl or cyclic N) is 1. The van der Waals surface area contributed by atoms with Gasteiger partial charge >= 0.3 is 5.97 Å². The first-order valence-corrected chi connectivity index (χ1v) is 5.99. The summed E-state index contributed by atoms with van der Waals surface area (Å²) in [6.07, 6.45) is 1.50. The molecule has 0 bridgehead atoms. The van der Waals surface area contributed by atoms with Crippen molar-refractivity contribution in [1.29, 1.82) is 0 Å². The molecule has 0 radical (unpaired) electrons. The van der Waals surface area contributed by atoms with Crippen molar-refractivity contribution in [2.45, 2.75) is 25.4 Å². The number of carboxylic acids is 1. The molecule has 1 fully saturated rings. The van der Waals surface area contributed by atoms with Gasteiger partial charge in [-0.05, 0) is 26.3 Å². The molecule has 0 aliphatic carbocycles. The third kappa shape index (κ3) is 1.95. The van der Waals surface area contributed by atoms with Crippen molar-refractivity contribution in [1.82, 2.24) is 10.3 Å². The summed E-state index contributed by atoms with van der Waals surface area (Å²) in [5, 5.41) is 22.9. The summed E-state index contributed by atoms with van der Waals surface area (Å²) in [4.78, 5) is 15.3. The zero-order valence-corrected chi connectivity index (χ0v) is 9.80. The molecule has 1 atom stereocenters. The van der Waals surface area contributed by atoms with E-state index in [2.05, 4.69) is 10.3 Å². The minimum atomic E-state index is -0.999. The molecule has 0 saturated carbocycles. The second-order valence-electron chi connectivity index (χ2n) is 4.05.